The van der Waals surface area contributed by atoms with Gasteiger partial charge in [0, 0.05) is 37.4 Å². The molecule has 1 fully saturated rings. The summed E-state index contributed by atoms with van der Waals surface area (Å²) in [5.41, 5.74) is 0.885. The number of nitro benzene ring substituents is 1. The fourth-order valence-electron chi connectivity index (χ4n) is 2.59. The van der Waals surface area contributed by atoms with E-state index in [2.05, 4.69) is 23.8 Å². The van der Waals surface area contributed by atoms with E-state index in [1.54, 1.807) is 12.1 Å². The smallest absolute Gasteiger partial charge is 0.287 e. The van der Waals surface area contributed by atoms with E-state index >= 15 is 0 Å². The van der Waals surface area contributed by atoms with E-state index in [1.165, 1.54) is 6.07 Å². The fourth-order valence-corrected chi connectivity index (χ4v) is 2.59. The average molecular weight is 274 g/mol. The highest BCUT2D eigenvalue weighted by atomic mass is 16.6. The molecule has 1 aliphatic heterocycles. The topological polar surface area (TPSA) is 73.4 Å². The quantitative estimate of drug-likeness (QED) is 0.622. The third-order valence-electron chi connectivity index (χ3n) is 3.91. The monoisotopic (exact) mass is 274 g/mol. The van der Waals surface area contributed by atoms with Gasteiger partial charge in [0.1, 0.15) is 11.6 Å². The summed E-state index contributed by atoms with van der Waals surface area (Å²) in [5, 5.41) is 19.9. The van der Waals surface area contributed by atoms with Crippen LogP contribution < -0.4 is 4.90 Å². The standard InChI is InChI=1S/C14H18N4O2/c1-3-12-10-17(7-6-16(12)2)13-4-5-14(18(19)20)11(8-13)9-15/h4-5,8,12H,3,6-7,10H2,1-2H3. The van der Waals surface area contributed by atoms with Gasteiger partial charge in [-0.25, -0.2) is 0 Å². The summed E-state index contributed by atoms with van der Waals surface area (Å²) in [5.74, 6) is 0. The van der Waals surface area contributed by atoms with Gasteiger partial charge in [-0.15, -0.1) is 0 Å². The van der Waals surface area contributed by atoms with Crippen LogP contribution in [0.4, 0.5) is 11.4 Å². The normalized spacial score (nSPS) is 19.6. The second kappa shape index (κ2) is 5.88. The van der Waals surface area contributed by atoms with Crippen molar-refractivity contribution in [1.82, 2.24) is 4.90 Å². The Labute approximate surface area is 118 Å². The van der Waals surface area contributed by atoms with Gasteiger partial charge in [-0.1, -0.05) is 6.92 Å². The molecule has 0 bridgehead atoms. The van der Waals surface area contributed by atoms with E-state index in [1.807, 2.05) is 6.07 Å². The van der Waals surface area contributed by atoms with Crippen LogP contribution in [-0.4, -0.2) is 42.5 Å². The van der Waals surface area contributed by atoms with Gasteiger partial charge < -0.3 is 4.90 Å². The first-order chi connectivity index (χ1) is 9.56. The number of benzene rings is 1. The zero-order valence-corrected chi connectivity index (χ0v) is 11.7. The second-order valence-corrected chi connectivity index (χ2v) is 5.06. The maximum atomic E-state index is 10.8. The van der Waals surface area contributed by atoms with Crippen molar-refractivity contribution in [2.45, 2.75) is 19.4 Å². The van der Waals surface area contributed by atoms with Gasteiger partial charge in [-0.2, -0.15) is 5.26 Å². The van der Waals surface area contributed by atoms with Crippen molar-refractivity contribution in [2.24, 2.45) is 0 Å². The zero-order chi connectivity index (χ0) is 14.7. The molecule has 1 aliphatic rings. The van der Waals surface area contributed by atoms with Crippen LogP contribution in [0.5, 0.6) is 0 Å². The number of nitrogens with zero attached hydrogens (tertiary/aromatic N) is 4. The number of anilines is 1. The summed E-state index contributed by atoms with van der Waals surface area (Å²) in [6.07, 6.45) is 1.06. The van der Waals surface area contributed by atoms with Crippen molar-refractivity contribution < 1.29 is 4.92 Å². The number of piperazine rings is 1. The first-order valence-electron chi connectivity index (χ1n) is 6.70. The van der Waals surface area contributed by atoms with Crippen molar-refractivity contribution in [3.05, 3.63) is 33.9 Å². The van der Waals surface area contributed by atoms with Gasteiger partial charge >= 0.3 is 0 Å². The number of rotatable bonds is 3. The third kappa shape index (κ3) is 2.73. The lowest BCUT2D eigenvalue weighted by molar-refractivity contribution is -0.385. The molecular weight excluding hydrogens is 256 g/mol. The van der Waals surface area contributed by atoms with Crippen LogP contribution in [0.1, 0.15) is 18.9 Å². The molecule has 6 heteroatoms. The van der Waals surface area contributed by atoms with Crippen molar-refractivity contribution in [3.8, 4) is 6.07 Å². The van der Waals surface area contributed by atoms with Gasteiger partial charge in [0.2, 0.25) is 0 Å². The van der Waals surface area contributed by atoms with Crippen molar-refractivity contribution >= 4 is 11.4 Å². The Hall–Kier alpha value is -2.13. The van der Waals surface area contributed by atoms with Crippen LogP contribution in [0, 0.1) is 21.4 Å². The van der Waals surface area contributed by atoms with Crippen LogP contribution in [-0.2, 0) is 0 Å². The van der Waals surface area contributed by atoms with E-state index in [9.17, 15) is 10.1 Å². The molecule has 1 heterocycles. The molecule has 0 aliphatic carbocycles. The van der Waals surface area contributed by atoms with E-state index in [4.69, 9.17) is 5.26 Å². The molecule has 1 aromatic carbocycles. The van der Waals surface area contributed by atoms with E-state index < -0.39 is 4.92 Å². The Morgan fingerprint density at radius 3 is 2.85 bits per heavy atom. The van der Waals surface area contributed by atoms with Crippen molar-refractivity contribution in [2.75, 3.05) is 31.6 Å². The second-order valence-electron chi connectivity index (χ2n) is 5.06. The average Bonchev–Trinajstić information content (AvgIpc) is 2.46. The van der Waals surface area contributed by atoms with E-state index in [0.29, 0.717) is 6.04 Å². The van der Waals surface area contributed by atoms with Gasteiger partial charge in [0.05, 0.1) is 4.92 Å². The largest absolute Gasteiger partial charge is 0.369 e. The Kier molecular flexibility index (Phi) is 4.20. The highest BCUT2D eigenvalue weighted by Crippen LogP contribution is 2.26. The summed E-state index contributed by atoms with van der Waals surface area (Å²) in [6, 6.07) is 7.17. The fraction of sp³-hybridized carbons (Fsp3) is 0.500. The SMILES string of the molecule is CCC1CN(c2ccc([N+](=O)[O-])c(C#N)c2)CCN1C. The maximum absolute atomic E-state index is 10.8. The molecule has 0 spiro atoms. The van der Waals surface area contributed by atoms with Crippen LogP contribution >= 0.6 is 0 Å². The van der Waals surface area contributed by atoms with Crippen molar-refractivity contribution in [1.29, 1.82) is 5.26 Å². The zero-order valence-electron chi connectivity index (χ0n) is 11.7. The molecule has 0 saturated carbocycles. The van der Waals surface area contributed by atoms with E-state index in [-0.39, 0.29) is 11.3 Å². The van der Waals surface area contributed by atoms with Gasteiger partial charge in [0.15, 0.2) is 0 Å². The van der Waals surface area contributed by atoms with Gasteiger partial charge in [-0.05, 0) is 25.6 Å². The van der Waals surface area contributed by atoms with Crippen LogP contribution in [0.25, 0.3) is 0 Å². The van der Waals surface area contributed by atoms with Gasteiger partial charge in [-0.3, -0.25) is 15.0 Å². The summed E-state index contributed by atoms with van der Waals surface area (Å²) in [4.78, 5) is 14.9. The summed E-state index contributed by atoms with van der Waals surface area (Å²) < 4.78 is 0. The molecule has 0 radical (unpaired) electrons. The van der Waals surface area contributed by atoms with E-state index in [0.717, 1.165) is 31.7 Å². The highest BCUT2D eigenvalue weighted by Gasteiger charge is 2.24. The summed E-state index contributed by atoms with van der Waals surface area (Å²) >= 11 is 0. The maximum Gasteiger partial charge on any atom is 0.287 e. The number of hydrogen-bond acceptors (Lipinski definition) is 5. The molecule has 2 rings (SSSR count). The molecule has 0 aromatic heterocycles. The lowest BCUT2D eigenvalue weighted by atomic mass is 10.1. The molecule has 1 unspecified atom stereocenters. The number of nitro groups is 1. The first kappa shape index (κ1) is 14.3. The molecular formula is C14H18N4O2. The minimum absolute atomic E-state index is 0.125. The van der Waals surface area contributed by atoms with Crippen LogP contribution in [0.15, 0.2) is 18.2 Å². The number of hydrogen-bond donors (Lipinski definition) is 0. The van der Waals surface area contributed by atoms with Crippen LogP contribution in [0.3, 0.4) is 0 Å². The molecule has 106 valence electrons. The lowest BCUT2D eigenvalue weighted by Gasteiger charge is -2.40. The molecule has 1 aromatic rings. The molecule has 20 heavy (non-hydrogen) atoms. The molecule has 1 atom stereocenters. The molecule has 0 N–H and O–H groups in total. The predicted octanol–water partition coefficient (Wildman–Crippen LogP) is 2.00. The predicted molar refractivity (Wildman–Crippen MR) is 76.7 cm³/mol. The first-order valence-corrected chi connectivity index (χ1v) is 6.70. The minimum atomic E-state index is -0.513. The summed E-state index contributed by atoms with van der Waals surface area (Å²) in [7, 11) is 2.11. The molecule has 1 saturated heterocycles. The van der Waals surface area contributed by atoms with Gasteiger partial charge in [0.25, 0.3) is 5.69 Å². The molecule has 6 nitrogen and oxygen atoms in total. The highest BCUT2D eigenvalue weighted by molar-refractivity contribution is 5.60. The minimum Gasteiger partial charge on any atom is -0.369 e. The number of nitriles is 1. The Bertz CT molecular complexity index is 553. The number of likely N-dealkylation sites (N-methyl/N-ethyl adjacent to an activating group) is 1. The Morgan fingerprint density at radius 2 is 2.25 bits per heavy atom. The lowest BCUT2D eigenvalue weighted by Crippen LogP contribution is -2.51. The Morgan fingerprint density at radius 1 is 1.50 bits per heavy atom. The summed E-state index contributed by atoms with van der Waals surface area (Å²) in [6.45, 7) is 4.87. The third-order valence-corrected chi connectivity index (χ3v) is 3.91. The van der Waals surface area contributed by atoms with Crippen molar-refractivity contribution in [3.63, 3.8) is 0 Å². The molecule has 0 amide bonds. The van der Waals surface area contributed by atoms with Crippen LogP contribution in [0.2, 0.25) is 0 Å². The Balaban J connectivity index is 2.26.